The molecule has 0 aliphatic carbocycles. The highest BCUT2D eigenvalue weighted by Crippen LogP contribution is 2.23. The van der Waals surface area contributed by atoms with Gasteiger partial charge in [0.1, 0.15) is 0 Å². The van der Waals surface area contributed by atoms with Gasteiger partial charge in [-0.25, -0.2) is 0 Å². The van der Waals surface area contributed by atoms with Crippen molar-refractivity contribution in [1.29, 1.82) is 0 Å². The second-order valence-electron chi connectivity index (χ2n) is 4.42. The van der Waals surface area contributed by atoms with E-state index in [1.54, 1.807) is 0 Å². The molecular formula is C13H24BrN3O. The Bertz CT molecular complexity index is 365. The molecule has 0 aliphatic rings. The van der Waals surface area contributed by atoms with Crippen LogP contribution in [0.15, 0.2) is 4.47 Å². The number of ether oxygens (including phenoxy) is 1. The van der Waals surface area contributed by atoms with E-state index in [-0.39, 0.29) is 6.04 Å². The zero-order valence-electron chi connectivity index (χ0n) is 11.6. The lowest BCUT2D eigenvalue weighted by molar-refractivity contribution is 0.121. The Hall–Kier alpha value is -0.390. The molecule has 0 spiro atoms. The number of hydrogen-bond acceptors (Lipinski definition) is 3. The Morgan fingerprint density at radius 2 is 2.11 bits per heavy atom. The van der Waals surface area contributed by atoms with E-state index in [0.29, 0.717) is 6.61 Å². The monoisotopic (exact) mass is 317 g/mol. The molecule has 0 saturated carbocycles. The van der Waals surface area contributed by atoms with E-state index in [1.807, 2.05) is 4.68 Å². The first kappa shape index (κ1) is 15.7. The molecule has 18 heavy (non-hydrogen) atoms. The van der Waals surface area contributed by atoms with E-state index in [0.717, 1.165) is 42.6 Å². The smallest absolute Gasteiger partial charge is 0.0766 e. The van der Waals surface area contributed by atoms with Crippen LogP contribution in [0, 0.1) is 0 Å². The maximum absolute atomic E-state index is 6.10. The molecule has 1 atom stereocenters. The summed E-state index contributed by atoms with van der Waals surface area (Å²) < 4.78 is 8.63. The molecule has 0 aliphatic heterocycles. The molecule has 0 radical (unpaired) electrons. The number of aryl methyl sites for hydroxylation is 2. The average molecular weight is 318 g/mol. The lowest BCUT2D eigenvalue weighted by atomic mass is 10.1. The second kappa shape index (κ2) is 7.92. The summed E-state index contributed by atoms with van der Waals surface area (Å²) in [6.45, 7) is 8.57. The maximum Gasteiger partial charge on any atom is 0.0766 e. The van der Waals surface area contributed by atoms with Crippen LogP contribution in [0.25, 0.3) is 0 Å². The topological polar surface area (TPSA) is 53.1 Å². The van der Waals surface area contributed by atoms with Crippen LogP contribution in [0.3, 0.4) is 0 Å². The number of rotatable bonds is 8. The second-order valence-corrected chi connectivity index (χ2v) is 5.21. The fraction of sp³-hybridized carbons (Fsp3) is 0.769. The van der Waals surface area contributed by atoms with Crippen LogP contribution in [-0.4, -0.2) is 29.0 Å². The van der Waals surface area contributed by atoms with Gasteiger partial charge in [0.2, 0.25) is 0 Å². The molecule has 1 rings (SSSR count). The van der Waals surface area contributed by atoms with Gasteiger partial charge < -0.3 is 10.5 Å². The third kappa shape index (κ3) is 4.07. The summed E-state index contributed by atoms with van der Waals surface area (Å²) >= 11 is 3.63. The average Bonchev–Trinajstić information content (AvgIpc) is 2.66. The zero-order valence-corrected chi connectivity index (χ0v) is 13.2. The summed E-state index contributed by atoms with van der Waals surface area (Å²) in [5.74, 6) is 0. The van der Waals surface area contributed by atoms with E-state index in [1.165, 1.54) is 5.69 Å². The van der Waals surface area contributed by atoms with E-state index < -0.39 is 0 Å². The van der Waals surface area contributed by atoms with Gasteiger partial charge in [0.15, 0.2) is 0 Å². The van der Waals surface area contributed by atoms with Crippen molar-refractivity contribution < 1.29 is 4.74 Å². The molecule has 1 heterocycles. The molecule has 0 saturated heterocycles. The molecule has 2 N–H and O–H groups in total. The molecule has 1 aromatic rings. The fourth-order valence-electron chi connectivity index (χ4n) is 1.90. The van der Waals surface area contributed by atoms with Crippen LogP contribution in [0.2, 0.25) is 0 Å². The van der Waals surface area contributed by atoms with Gasteiger partial charge in [-0.2, -0.15) is 5.10 Å². The highest BCUT2D eigenvalue weighted by Gasteiger charge is 2.16. The number of nitrogens with two attached hydrogens (primary N) is 1. The summed E-state index contributed by atoms with van der Waals surface area (Å²) in [7, 11) is 0. The summed E-state index contributed by atoms with van der Waals surface area (Å²) in [5.41, 5.74) is 8.39. The number of aromatic nitrogens is 2. The summed E-state index contributed by atoms with van der Waals surface area (Å²) in [6, 6.07) is 0.0274. The summed E-state index contributed by atoms with van der Waals surface area (Å²) in [4.78, 5) is 0. The highest BCUT2D eigenvalue weighted by atomic mass is 79.9. The van der Waals surface area contributed by atoms with E-state index >= 15 is 0 Å². The maximum atomic E-state index is 6.10. The van der Waals surface area contributed by atoms with E-state index in [4.69, 9.17) is 10.5 Å². The van der Waals surface area contributed by atoms with Crippen molar-refractivity contribution in [2.24, 2.45) is 5.73 Å². The molecule has 0 fully saturated rings. The Labute approximate surface area is 118 Å². The van der Waals surface area contributed by atoms with Gasteiger partial charge in [-0.3, -0.25) is 4.68 Å². The van der Waals surface area contributed by atoms with Crippen LogP contribution in [0.4, 0.5) is 0 Å². The van der Waals surface area contributed by atoms with Crippen LogP contribution in [0.1, 0.15) is 38.6 Å². The van der Waals surface area contributed by atoms with Gasteiger partial charge in [0.25, 0.3) is 0 Å². The number of halogens is 1. The lowest BCUT2D eigenvalue weighted by Crippen LogP contribution is -2.30. The quantitative estimate of drug-likeness (QED) is 0.750. The van der Waals surface area contributed by atoms with Crippen LogP contribution >= 0.6 is 15.9 Å². The van der Waals surface area contributed by atoms with Gasteiger partial charge >= 0.3 is 0 Å². The predicted molar refractivity (Wildman–Crippen MR) is 77.8 cm³/mol. The van der Waals surface area contributed by atoms with E-state index in [2.05, 4.69) is 41.8 Å². The van der Waals surface area contributed by atoms with Crippen molar-refractivity contribution in [2.45, 2.75) is 52.6 Å². The minimum atomic E-state index is 0.0274. The number of hydrogen-bond donors (Lipinski definition) is 1. The zero-order chi connectivity index (χ0) is 13.5. The molecule has 4 nitrogen and oxygen atoms in total. The van der Waals surface area contributed by atoms with Crippen molar-refractivity contribution in [3.63, 3.8) is 0 Å². The first-order valence-corrected chi connectivity index (χ1v) is 7.50. The Kier molecular flexibility index (Phi) is 6.89. The van der Waals surface area contributed by atoms with Gasteiger partial charge in [0.05, 0.1) is 22.5 Å². The lowest BCUT2D eigenvalue weighted by Gasteiger charge is -2.13. The van der Waals surface area contributed by atoms with Crippen molar-refractivity contribution in [3.8, 4) is 0 Å². The fourth-order valence-corrected chi connectivity index (χ4v) is 2.62. The molecule has 0 aromatic carbocycles. The standard InChI is InChI=1S/C13H24BrN3O/c1-4-7-18-9-10(15)8-12-13(14)11(5-2)16-17(12)6-3/h10H,4-9,15H2,1-3H3. The Morgan fingerprint density at radius 1 is 1.39 bits per heavy atom. The summed E-state index contributed by atoms with van der Waals surface area (Å²) in [5, 5.41) is 4.57. The van der Waals surface area contributed by atoms with Crippen molar-refractivity contribution in [3.05, 3.63) is 15.9 Å². The highest BCUT2D eigenvalue weighted by molar-refractivity contribution is 9.10. The molecule has 0 bridgehead atoms. The van der Waals surface area contributed by atoms with Crippen LogP contribution in [-0.2, 0) is 24.1 Å². The molecular weight excluding hydrogens is 294 g/mol. The third-order valence-electron chi connectivity index (χ3n) is 2.83. The third-order valence-corrected chi connectivity index (χ3v) is 3.75. The van der Waals surface area contributed by atoms with Crippen LogP contribution < -0.4 is 5.73 Å². The molecule has 1 aromatic heterocycles. The van der Waals surface area contributed by atoms with Crippen LogP contribution in [0.5, 0.6) is 0 Å². The number of nitrogens with zero attached hydrogens (tertiary/aromatic N) is 2. The van der Waals surface area contributed by atoms with Gasteiger partial charge in [0, 0.05) is 25.6 Å². The molecule has 0 amide bonds. The van der Waals surface area contributed by atoms with Gasteiger partial charge in [-0.1, -0.05) is 13.8 Å². The van der Waals surface area contributed by atoms with Crippen molar-refractivity contribution >= 4 is 15.9 Å². The predicted octanol–water partition coefficient (Wildman–Crippen LogP) is 2.52. The van der Waals surface area contributed by atoms with Crippen molar-refractivity contribution in [2.75, 3.05) is 13.2 Å². The molecule has 104 valence electrons. The minimum Gasteiger partial charge on any atom is -0.380 e. The van der Waals surface area contributed by atoms with Gasteiger partial charge in [-0.15, -0.1) is 0 Å². The molecule has 5 heteroatoms. The largest absolute Gasteiger partial charge is 0.380 e. The first-order valence-electron chi connectivity index (χ1n) is 6.71. The SMILES string of the molecule is CCCOCC(N)Cc1c(Br)c(CC)nn1CC. The van der Waals surface area contributed by atoms with Crippen molar-refractivity contribution in [1.82, 2.24) is 9.78 Å². The molecule has 1 unspecified atom stereocenters. The minimum absolute atomic E-state index is 0.0274. The summed E-state index contributed by atoms with van der Waals surface area (Å²) in [6.07, 6.45) is 2.76. The van der Waals surface area contributed by atoms with Gasteiger partial charge in [-0.05, 0) is 35.7 Å². The Morgan fingerprint density at radius 3 is 2.67 bits per heavy atom. The Balaban J connectivity index is 2.67. The first-order chi connectivity index (χ1) is 8.63. The van der Waals surface area contributed by atoms with E-state index in [9.17, 15) is 0 Å². The normalized spacial score (nSPS) is 12.9.